The molecule has 160 valence electrons. The first-order valence-corrected chi connectivity index (χ1v) is 10.1. The highest BCUT2D eigenvalue weighted by atomic mass is 35.5. The molecule has 1 aromatic heterocycles. The van der Waals surface area contributed by atoms with E-state index in [0.717, 1.165) is 30.9 Å². The summed E-state index contributed by atoms with van der Waals surface area (Å²) in [6, 6.07) is 7.13. The number of hydrogen-bond donors (Lipinski definition) is 3. The van der Waals surface area contributed by atoms with Gasteiger partial charge < -0.3 is 16.4 Å². The van der Waals surface area contributed by atoms with Crippen molar-refractivity contribution < 1.29 is 9.59 Å². The molecule has 4 N–H and O–H groups in total. The summed E-state index contributed by atoms with van der Waals surface area (Å²) in [7, 11) is 0. The number of rotatable bonds is 6. The van der Waals surface area contributed by atoms with Gasteiger partial charge in [0, 0.05) is 23.3 Å². The topological polar surface area (TPSA) is 100 Å². The maximum Gasteiger partial charge on any atom is 0.275 e. The van der Waals surface area contributed by atoms with Crippen LogP contribution in [-0.2, 0) is 11.3 Å². The largest absolute Gasteiger partial charge is 0.325 e. The van der Waals surface area contributed by atoms with Crippen LogP contribution >= 0.6 is 36.2 Å². The van der Waals surface area contributed by atoms with Gasteiger partial charge in [0.05, 0.1) is 6.54 Å². The summed E-state index contributed by atoms with van der Waals surface area (Å²) in [6.07, 6.45) is 4.78. The SMILES string of the molecule is Cl.Cl.NCc1nc(C(=O)Nc2cccc(NC(=O)CN3CCCCCC3)c2)cs1. The third-order valence-electron chi connectivity index (χ3n) is 4.43. The van der Waals surface area contributed by atoms with Gasteiger partial charge in [-0.1, -0.05) is 18.9 Å². The molecule has 1 aliphatic rings. The van der Waals surface area contributed by atoms with Crippen LogP contribution in [0.25, 0.3) is 0 Å². The number of halogens is 2. The number of anilines is 2. The fourth-order valence-corrected chi connectivity index (χ4v) is 3.73. The highest BCUT2D eigenvalue weighted by molar-refractivity contribution is 7.09. The van der Waals surface area contributed by atoms with E-state index < -0.39 is 0 Å². The van der Waals surface area contributed by atoms with Crippen molar-refractivity contribution in [1.82, 2.24) is 9.88 Å². The van der Waals surface area contributed by atoms with Gasteiger partial charge in [0.25, 0.3) is 5.91 Å². The van der Waals surface area contributed by atoms with Crippen molar-refractivity contribution in [2.24, 2.45) is 5.73 Å². The van der Waals surface area contributed by atoms with Gasteiger partial charge in [0.1, 0.15) is 10.7 Å². The van der Waals surface area contributed by atoms with Crippen LogP contribution in [0, 0.1) is 0 Å². The molecule has 7 nitrogen and oxygen atoms in total. The van der Waals surface area contributed by atoms with Crippen molar-refractivity contribution in [1.29, 1.82) is 0 Å². The molecular weight excluding hydrogens is 433 g/mol. The first kappa shape index (κ1) is 25.3. The van der Waals surface area contributed by atoms with Crippen LogP contribution in [-0.4, -0.2) is 41.3 Å². The second kappa shape index (κ2) is 12.8. The average molecular weight is 460 g/mol. The van der Waals surface area contributed by atoms with Gasteiger partial charge in [0.15, 0.2) is 0 Å². The summed E-state index contributed by atoms with van der Waals surface area (Å²) in [4.78, 5) is 31.0. The zero-order valence-corrected chi connectivity index (χ0v) is 18.5. The molecule has 1 saturated heterocycles. The summed E-state index contributed by atoms with van der Waals surface area (Å²) in [5, 5.41) is 8.12. The molecule has 0 atom stereocenters. The van der Waals surface area contributed by atoms with E-state index >= 15 is 0 Å². The van der Waals surface area contributed by atoms with Gasteiger partial charge in [-0.25, -0.2) is 4.98 Å². The first-order chi connectivity index (χ1) is 13.1. The van der Waals surface area contributed by atoms with Crippen molar-refractivity contribution in [2.45, 2.75) is 32.2 Å². The maximum atomic E-state index is 12.3. The zero-order valence-electron chi connectivity index (χ0n) is 16.1. The Morgan fingerprint density at radius 3 is 2.34 bits per heavy atom. The van der Waals surface area contributed by atoms with E-state index in [-0.39, 0.29) is 36.6 Å². The third-order valence-corrected chi connectivity index (χ3v) is 5.30. The summed E-state index contributed by atoms with van der Waals surface area (Å²) in [5.41, 5.74) is 7.14. The zero-order chi connectivity index (χ0) is 19.1. The molecule has 0 radical (unpaired) electrons. The van der Waals surface area contributed by atoms with Gasteiger partial charge in [-0.2, -0.15) is 0 Å². The highest BCUT2D eigenvalue weighted by Gasteiger charge is 2.14. The monoisotopic (exact) mass is 459 g/mol. The Labute approximate surface area is 187 Å². The van der Waals surface area contributed by atoms with Crippen LogP contribution in [0.2, 0.25) is 0 Å². The predicted octanol–water partition coefficient (Wildman–Crippen LogP) is 3.51. The lowest BCUT2D eigenvalue weighted by atomic mass is 10.2. The van der Waals surface area contributed by atoms with E-state index in [0.29, 0.717) is 30.2 Å². The summed E-state index contributed by atoms with van der Waals surface area (Å²) < 4.78 is 0. The van der Waals surface area contributed by atoms with Gasteiger partial charge in [-0.05, 0) is 44.1 Å². The second-order valence-electron chi connectivity index (χ2n) is 6.60. The number of amides is 2. The molecular formula is C19H27Cl2N5O2S. The number of nitrogens with one attached hydrogen (secondary N) is 2. The molecule has 3 rings (SSSR count). The Hall–Kier alpha value is -1.71. The number of nitrogens with two attached hydrogens (primary N) is 1. The van der Waals surface area contributed by atoms with E-state index in [1.807, 2.05) is 6.07 Å². The third kappa shape index (κ3) is 7.91. The summed E-state index contributed by atoms with van der Waals surface area (Å²) in [6.45, 7) is 2.66. The van der Waals surface area contributed by atoms with Crippen molar-refractivity contribution in [3.63, 3.8) is 0 Å². The van der Waals surface area contributed by atoms with Crippen molar-refractivity contribution in [3.8, 4) is 0 Å². The minimum Gasteiger partial charge on any atom is -0.325 e. The van der Waals surface area contributed by atoms with Crippen LogP contribution in [0.3, 0.4) is 0 Å². The molecule has 0 unspecified atom stereocenters. The first-order valence-electron chi connectivity index (χ1n) is 9.22. The van der Waals surface area contributed by atoms with Crippen LogP contribution < -0.4 is 16.4 Å². The molecule has 2 amide bonds. The number of likely N-dealkylation sites (tertiary alicyclic amines) is 1. The summed E-state index contributed by atoms with van der Waals surface area (Å²) >= 11 is 1.36. The van der Waals surface area contributed by atoms with Gasteiger partial charge in [-0.15, -0.1) is 36.2 Å². The van der Waals surface area contributed by atoms with E-state index in [4.69, 9.17) is 5.73 Å². The standard InChI is InChI=1S/C19H25N5O2S.2ClH/c20-11-18-23-16(13-27-18)19(26)22-15-7-5-6-14(10-15)21-17(25)12-24-8-3-1-2-4-9-24;;/h5-7,10,13H,1-4,8-9,11-12,20H2,(H,21,25)(H,22,26);2*1H. The van der Waals surface area contributed by atoms with Crippen LogP contribution in [0.4, 0.5) is 11.4 Å². The number of aromatic nitrogens is 1. The van der Waals surface area contributed by atoms with Gasteiger partial charge in [0.2, 0.25) is 5.91 Å². The number of nitrogens with zero attached hydrogens (tertiary/aromatic N) is 2. The lowest BCUT2D eigenvalue weighted by Gasteiger charge is -2.19. The van der Waals surface area contributed by atoms with E-state index in [1.54, 1.807) is 23.6 Å². The fraction of sp³-hybridized carbons (Fsp3) is 0.421. The predicted molar refractivity (Wildman–Crippen MR) is 122 cm³/mol. The Morgan fingerprint density at radius 2 is 1.72 bits per heavy atom. The lowest BCUT2D eigenvalue weighted by molar-refractivity contribution is -0.117. The Morgan fingerprint density at radius 1 is 1.07 bits per heavy atom. The number of thiazole rings is 1. The normalized spacial score (nSPS) is 14.1. The molecule has 2 heterocycles. The summed E-state index contributed by atoms with van der Waals surface area (Å²) in [5.74, 6) is -0.327. The Kier molecular flexibility index (Phi) is 11.2. The molecule has 1 fully saturated rings. The van der Waals surface area contributed by atoms with Crippen molar-refractivity contribution >= 4 is 59.3 Å². The lowest BCUT2D eigenvalue weighted by Crippen LogP contribution is -2.33. The number of carbonyl (C=O) groups excluding carboxylic acids is 2. The molecule has 10 heteroatoms. The molecule has 0 saturated carbocycles. The Balaban J connectivity index is 0.00000210. The molecule has 0 aliphatic carbocycles. The Bertz CT molecular complexity index is 794. The average Bonchev–Trinajstić information content (AvgIpc) is 3.00. The molecule has 1 aromatic carbocycles. The van der Waals surface area contributed by atoms with E-state index in [1.165, 1.54) is 24.2 Å². The van der Waals surface area contributed by atoms with Crippen molar-refractivity contribution in [2.75, 3.05) is 30.3 Å². The van der Waals surface area contributed by atoms with E-state index in [9.17, 15) is 9.59 Å². The number of carbonyl (C=O) groups is 2. The quantitative estimate of drug-likeness (QED) is 0.613. The van der Waals surface area contributed by atoms with Crippen molar-refractivity contribution in [3.05, 3.63) is 40.3 Å². The number of benzene rings is 1. The molecule has 0 spiro atoms. The van der Waals surface area contributed by atoms with Gasteiger partial charge >= 0.3 is 0 Å². The maximum absolute atomic E-state index is 12.3. The second-order valence-corrected chi connectivity index (χ2v) is 7.55. The number of hydrogen-bond acceptors (Lipinski definition) is 6. The molecule has 1 aliphatic heterocycles. The highest BCUT2D eigenvalue weighted by Crippen LogP contribution is 2.17. The molecule has 0 bridgehead atoms. The molecule has 29 heavy (non-hydrogen) atoms. The smallest absolute Gasteiger partial charge is 0.275 e. The fourth-order valence-electron chi connectivity index (χ4n) is 3.08. The molecule has 2 aromatic rings. The van der Waals surface area contributed by atoms with E-state index in [2.05, 4.69) is 20.5 Å². The van der Waals surface area contributed by atoms with Crippen LogP contribution in [0.1, 0.15) is 41.2 Å². The minimum atomic E-state index is -0.293. The van der Waals surface area contributed by atoms with Crippen LogP contribution in [0.5, 0.6) is 0 Å². The minimum absolute atomic E-state index is 0. The van der Waals surface area contributed by atoms with Crippen LogP contribution in [0.15, 0.2) is 29.6 Å². The van der Waals surface area contributed by atoms with Gasteiger partial charge in [-0.3, -0.25) is 14.5 Å².